The zero-order valence-electron chi connectivity index (χ0n) is 9.71. The number of nitrogens with one attached hydrogen (secondary N) is 1. The molecule has 0 aliphatic carbocycles. The quantitative estimate of drug-likeness (QED) is 0.815. The van der Waals surface area contributed by atoms with Gasteiger partial charge in [0.25, 0.3) is 0 Å². The van der Waals surface area contributed by atoms with Crippen LogP contribution in [-0.2, 0) is 6.42 Å². The normalized spacial score (nSPS) is 12.7. The Labute approximate surface area is 126 Å². The highest BCUT2D eigenvalue weighted by Gasteiger charge is 2.17. The van der Waals surface area contributed by atoms with Crippen molar-refractivity contribution in [3.8, 4) is 0 Å². The molecule has 96 valence electrons. The summed E-state index contributed by atoms with van der Waals surface area (Å²) in [6.07, 6.45) is 0.760. The molecule has 2 aromatic rings. The Bertz CT molecular complexity index is 539. The van der Waals surface area contributed by atoms with Gasteiger partial charge in [-0.15, -0.1) is 11.3 Å². The molecule has 0 radical (unpaired) electrons. The van der Waals surface area contributed by atoms with Gasteiger partial charge in [-0.2, -0.15) is 0 Å². The number of hydrogen-bond acceptors (Lipinski definition) is 2. The molecule has 18 heavy (non-hydrogen) atoms. The smallest absolute Gasteiger partial charge is 0.0624 e. The summed E-state index contributed by atoms with van der Waals surface area (Å²) in [5.74, 6) is 0. The lowest BCUT2D eigenvalue weighted by Crippen LogP contribution is -2.18. The van der Waals surface area contributed by atoms with Crippen molar-refractivity contribution in [1.82, 2.24) is 5.32 Å². The second-order valence-corrected chi connectivity index (χ2v) is 6.03. The molecule has 1 heterocycles. The van der Waals surface area contributed by atoms with E-state index < -0.39 is 0 Å². The molecular weight excluding hydrogens is 309 g/mol. The fourth-order valence-corrected chi connectivity index (χ4v) is 3.50. The first-order valence-corrected chi connectivity index (χ1v) is 7.48. The summed E-state index contributed by atoms with van der Waals surface area (Å²) < 4.78 is 0. The SMILES string of the molecule is CNC(Cc1cccc(Cl)c1Cl)c1sccc1Cl. The van der Waals surface area contributed by atoms with E-state index in [0.29, 0.717) is 10.0 Å². The molecule has 1 unspecified atom stereocenters. The number of rotatable bonds is 4. The lowest BCUT2D eigenvalue weighted by molar-refractivity contribution is 0.602. The van der Waals surface area contributed by atoms with Crippen LogP contribution in [0.15, 0.2) is 29.6 Å². The van der Waals surface area contributed by atoms with Crippen LogP contribution in [0.1, 0.15) is 16.5 Å². The van der Waals surface area contributed by atoms with Gasteiger partial charge in [0.15, 0.2) is 0 Å². The molecule has 1 atom stereocenters. The summed E-state index contributed by atoms with van der Waals surface area (Å²) in [7, 11) is 1.92. The van der Waals surface area contributed by atoms with Crippen LogP contribution in [0.4, 0.5) is 0 Å². The van der Waals surface area contributed by atoms with E-state index in [0.717, 1.165) is 21.9 Å². The Kier molecular flexibility index (Phi) is 4.93. The van der Waals surface area contributed by atoms with E-state index in [1.54, 1.807) is 17.4 Å². The number of benzene rings is 1. The van der Waals surface area contributed by atoms with Crippen molar-refractivity contribution in [2.24, 2.45) is 0 Å². The van der Waals surface area contributed by atoms with Gasteiger partial charge in [-0.25, -0.2) is 0 Å². The Morgan fingerprint density at radius 3 is 2.56 bits per heavy atom. The lowest BCUT2D eigenvalue weighted by Gasteiger charge is -2.16. The summed E-state index contributed by atoms with van der Waals surface area (Å²) in [6.45, 7) is 0. The van der Waals surface area contributed by atoms with E-state index in [1.165, 1.54) is 0 Å². The van der Waals surface area contributed by atoms with Gasteiger partial charge in [-0.1, -0.05) is 46.9 Å². The van der Waals surface area contributed by atoms with Crippen LogP contribution in [0.3, 0.4) is 0 Å². The number of halogens is 3. The molecule has 0 amide bonds. The average molecular weight is 321 g/mol. The topological polar surface area (TPSA) is 12.0 Å². The highest BCUT2D eigenvalue weighted by molar-refractivity contribution is 7.10. The third kappa shape index (κ3) is 3.01. The largest absolute Gasteiger partial charge is 0.312 e. The van der Waals surface area contributed by atoms with Crippen molar-refractivity contribution < 1.29 is 0 Å². The Morgan fingerprint density at radius 2 is 1.94 bits per heavy atom. The van der Waals surface area contributed by atoms with Gasteiger partial charge in [0.05, 0.1) is 15.1 Å². The predicted octanol–water partition coefficient (Wildman–Crippen LogP) is 5.21. The van der Waals surface area contributed by atoms with E-state index >= 15 is 0 Å². The molecule has 5 heteroatoms. The number of thiophene rings is 1. The minimum atomic E-state index is 0.147. The summed E-state index contributed by atoms with van der Waals surface area (Å²) >= 11 is 20.0. The fourth-order valence-electron chi connectivity index (χ4n) is 1.81. The van der Waals surface area contributed by atoms with E-state index in [4.69, 9.17) is 34.8 Å². The summed E-state index contributed by atoms with van der Waals surface area (Å²) in [6, 6.07) is 7.74. The molecule has 0 bridgehead atoms. The molecule has 2 rings (SSSR count). The molecular formula is C13H12Cl3NS. The zero-order chi connectivity index (χ0) is 13.1. The zero-order valence-corrected chi connectivity index (χ0v) is 12.8. The van der Waals surface area contributed by atoms with Crippen molar-refractivity contribution in [2.75, 3.05) is 7.05 Å². The lowest BCUT2D eigenvalue weighted by atomic mass is 10.0. The van der Waals surface area contributed by atoms with Crippen molar-refractivity contribution in [1.29, 1.82) is 0 Å². The van der Waals surface area contributed by atoms with Crippen LogP contribution in [-0.4, -0.2) is 7.05 Å². The van der Waals surface area contributed by atoms with Gasteiger partial charge in [-0.3, -0.25) is 0 Å². The second-order valence-electron chi connectivity index (χ2n) is 3.89. The highest BCUT2D eigenvalue weighted by atomic mass is 35.5. The fraction of sp³-hybridized carbons (Fsp3) is 0.231. The Morgan fingerprint density at radius 1 is 1.17 bits per heavy atom. The van der Waals surface area contributed by atoms with Gasteiger partial charge in [0.2, 0.25) is 0 Å². The van der Waals surface area contributed by atoms with E-state index in [9.17, 15) is 0 Å². The molecule has 1 aromatic carbocycles. The van der Waals surface area contributed by atoms with E-state index in [2.05, 4.69) is 5.32 Å². The molecule has 1 nitrogen and oxygen atoms in total. The second kappa shape index (κ2) is 6.27. The monoisotopic (exact) mass is 319 g/mol. The molecule has 0 spiro atoms. The molecule has 1 aromatic heterocycles. The summed E-state index contributed by atoms with van der Waals surface area (Å²) in [5.41, 5.74) is 1.02. The molecule has 0 fully saturated rings. The third-order valence-electron chi connectivity index (χ3n) is 2.77. The van der Waals surface area contributed by atoms with Crippen LogP contribution in [0.5, 0.6) is 0 Å². The van der Waals surface area contributed by atoms with Gasteiger partial charge in [0.1, 0.15) is 0 Å². The Hall–Kier alpha value is -0.250. The van der Waals surface area contributed by atoms with Crippen molar-refractivity contribution in [3.63, 3.8) is 0 Å². The molecule has 0 saturated heterocycles. The first kappa shape index (κ1) is 14.2. The highest BCUT2D eigenvalue weighted by Crippen LogP contribution is 2.33. The van der Waals surface area contributed by atoms with Gasteiger partial charge >= 0.3 is 0 Å². The predicted molar refractivity (Wildman–Crippen MR) is 81.3 cm³/mol. The van der Waals surface area contributed by atoms with Gasteiger partial charge in [-0.05, 0) is 36.5 Å². The standard InChI is InChI=1S/C13H12Cl3NS/c1-17-11(13-10(15)5-6-18-13)7-8-3-2-4-9(14)12(8)16/h2-6,11,17H,7H2,1H3. The minimum absolute atomic E-state index is 0.147. The van der Waals surface area contributed by atoms with Crippen molar-refractivity contribution in [3.05, 3.63) is 55.2 Å². The Balaban J connectivity index is 2.26. The van der Waals surface area contributed by atoms with Crippen molar-refractivity contribution >= 4 is 46.1 Å². The van der Waals surface area contributed by atoms with Crippen LogP contribution >= 0.6 is 46.1 Å². The summed E-state index contributed by atoms with van der Waals surface area (Å²) in [4.78, 5) is 1.12. The van der Waals surface area contributed by atoms with Crippen LogP contribution in [0.25, 0.3) is 0 Å². The van der Waals surface area contributed by atoms with Crippen molar-refractivity contribution in [2.45, 2.75) is 12.5 Å². The van der Waals surface area contributed by atoms with Crippen LogP contribution < -0.4 is 5.32 Å². The maximum atomic E-state index is 6.21. The van der Waals surface area contributed by atoms with Gasteiger partial charge in [0, 0.05) is 10.9 Å². The first-order chi connectivity index (χ1) is 8.63. The minimum Gasteiger partial charge on any atom is -0.312 e. The van der Waals surface area contributed by atoms with Crippen LogP contribution in [0, 0.1) is 0 Å². The number of likely N-dealkylation sites (N-methyl/N-ethyl adjacent to an activating group) is 1. The molecule has 0 saturated carbocycles. The third-order valence-corrected chi connectivity index (χ3v) is 5.10. The number of hydrogen-bond donors (Lipinski definition) is 1. The maximum absolute atomic E-state index is 6.21. The first-order valence-electron chi connectivity index (χ1n) is 5.46. The average Bonchev–Trinajstić information content (AvgIpc) is 2.77. The van der Waals surface area contributed by atoms with Gasteiger partial charge < -0.3 is 5.32 Å². The summed E-state index contributed by atoms with van der Waals surface area (Å²) in [5, 5.41) is 7.24. The maximum Gasteiger partial charge on any atom is 0.0624 e. The molecule has 0 aliphatic heterocycles. The molecule has 0 aliphatic rings. The van der Waals surface area contributed by atoms with E-state index in [-0.39, 0.29) is 6.04 Å². The van der Waals surface area contributed by atoms with Crippen LogP contribution in [0.2, 0.25) is 15.1 Å². The molecule has 1 N–H and O–H groups in total. The van der Waals surface area contributed by atoms with E-state index in [1.807, 2.05) is 30.6 Å².